The summed E-state index contributed by atoms with van der Waals surface area (Å²) < 4.78 is 5.59. The highest BCUT2D eigenvalue weighted by Crippen LogP contribution is 2.34. The average Bonchev–Trinajstić information content (AvgIpc) is 2.53. The van der Waals surface area contributed by atoms with E-state index in [4.69, 9.17) is 16.3 Å². The highest BCUT2D eigenvalue weighted by Gasteiger charge is 2.25. The number of rotatable bonds is 2. The predicted octanol–water partition coefficient (Wildman–Crippen LogP) is 3.45. The second-order valence-corrected chi connectivity index (χ2v) is 5.80. The molecule has 0 atom stereocenters. The molecule has 1 amide bonds. The first-order valence-electron chi connectivity index (χ1n) is 7.08. The summed E-state index contributed by atoms with van der Waals surface area (Å²) in [5, 5.41) is 0.588. The Morgan fingerprint density at radius 1 is 1.18 bits per heavy atom. The fraction of sp³-hybridized carbons (Fsp3) is 0.235. The van der Waals surface area contributed by atoms with Gasteiger partial charge in [-0.1, -0.05) is 11.6 Å². The second-order valence-electron chi connectivity index (χ2n) is 5.36. The maximum absolute atomic E-state index is 12.8. The number of carbonyl (C=O) groups excluding carboxylic acids is 1. The summed E-state index contributed by atoms with van der Waals surface area (Å²) in [4.78, 5) is 16.5. The minimum atomic E-state index is -0.0443. The Hall–Kier alpha value is -2.20. The molecular formula is C17H17ClN2O2. The number of amides is 1. The van der Waals surface area contributed by atoms with E-state index in [1.54, 1.807) is 23.1 Å². The van der Waals surface area contributed by atoms with Crippen LogP contribution in [0, 0.1) is 0 Å². The van der Waals surface area contributed by atoms with Gasteiger partial charge in [0.2, 0.25) is 0 Å². The first kappa shape index (κ1) is 14.7. The van der Waals surface area contributed by atoms with Crippen LogP contribution in [-0.4, -0.2) is 33.2 Å². The van der Waals surface area contributed by atoms with E-state index in [1.165, 1.54) is 0 Å². The van der Waals surface area contributed by atoms with Gasteiger partial charge in [0.1, 0.15) is 12.4 Å². The molecule has 2 aromatic rings. The third-order valence-electron chi connectivity index (χ3n) is 3.66. The molecule has 0 fully saturated rings. The molecule has 22 heavy (non-hydrogen) atoms. The molecule has 1 heterocycles. The van der Waals surface area contributed by atoms with Gasteiger partial charge in [-0.05, 0) is 42.5 Å². The number of carbonyl (C=O) groups is 1. The first-order chi connectivity index (χ1) is 10.6. The molecule has 1 aliphatic rings. The summed E-state index contributed by atoms with van der Waals surface area (Å²) >= 11 is 6.05. The quantitative estimate of drug-likeness (QED) is 0.851. The Kier molecular flexibility index (Phi) is 3.94. The largest absolute Gasteiger partial charge is 0.490 e. The number of benzene rings is 2. The van der Waals surface area contributed by atoms with Gasteiger partial charge in [0, 0.05) is 30.4 Å². The summed E-state index contributed by atoms with van der Waals surface area (Å²) in [6.07, 6.45) is 0. The molecule has 4 nitrogen and oxygen atoms in total. The van der Waals surface area contributed by atoms with Crippen molar-refractivity contribution in [1.82, 2.24) is 0 Å². The van der Waals surface area contributed by atoms with Crippen LogP contribution < -0.4 is 14.5 Å². The molecule has 1 aliphatic heterocycles. The average molecular weight is 317 g/mol. The molecule has 0 aromatic heterocycles. The van der Waals surface area contributed by atoms with Crippen LogP contribution in [0.2, 0.25) is 5.02 Å². The van der Waals surface area contributed by atoms with E-state index in [0.29, 0.717) is 29.5 Å². The van der Waals surface area contributed by atoms with Crippen LogP contribution in [0.4, 0.5) is 11.4 Å². The Balaban J connectivity index is 1.92. The Morgan fingerprint density at radius 3 is 2.59 bits per heavy atom. The van der Waals surface area contributed by atoms with E-state index < -0.39 is 0 Å². The number of hydrogen-bond donors (Lipinski definition) is 0. The van der Waals surface area contributed by atoms with Gasteiger partial charge >= 0.3 is 0 Å². The van der Waals surface area contributed by atoms with Gasteiger partial charge in [-0.25, -0.2) is 0 Å². The number of fused-ring (bicyclic) bond motifs is 1. The lowest BCUT2D eigenvalue weighted by Gasteiger charge is -2.29. The van der Waals surface area contributed by atoms with Crippen molar-refractivity contribution in [3.05, 3.63) is 53.1 Å². The van der Waals surface area contributed by atoms with Gasteiger partial charge in [0.25, 0.3) is 5.91 Å². The molecule has 0 radical (unpaired) electrons. The van der Waals surface area contributed by atoms with E-state index in [0.717, 1.165) is 11.4 Å². The summed E-state index contributed by atoms with van der Waals surface area (Å²) in [7, 11) is 3.94. The molecule has 0 N–H and O–H groups in total. The van der Waals surface area contributed by atoms with E-state index in [1.807, 2.05) is 43.3 Å². The van der Waals surface area contributed by atoms with Gasteiger partial charge in [0.05, 0.1) is 12.2 Å². The zero-order valence-electron chi connectivity index (χ0n) is 12.5. The van der Waals surface area contributed by atoms with Gasteiger partial charge in [0.15, 0.2) is 0 Å². The van der Waals surface area contributed by atoms with E-state index in [9.17, 15) is 4.79 Å². The molecule has 0 aliphatic carbocycles. The molecule has 114 valence electrons. The van der Waals surface area contributed by atoms with Crippen LogP contribution in [0.25, 0.3) is 0 Å². The van der Waals surface area contributed by atoms with Crippen molar-refractivity contribution in [2.75, 3.05) is 37.0 Å². The van der Waals surface area contributed by atoms with E-state index >= 15 is 0 Å². The maximum atomic E-state index is 12.8. The van der Waals surface area contributed by atoms with Crippen molar-refractivity contribution >= 4 is 28.9 Å². The monoisotopic (exact) mass is 316 g/mol. The van der Waals surface area contributed by atoms with Crippen molar-refractivity contribution in [3.8, 4) is 5.75 Å². The lowest BCUT2D eigenvalue weighted by Crippen LogP contribution is -2.37. The maximum Gasteiger partial charge on any atom is 0.258 e. The predicted molar refractivity (Wildman–Crippen MR) is 89.4 cm³/mol. The highest BCUT2D eigenvalue weighted by atomic mass is 35.5. The van der Waals surface area contributed by atoms with Crippen LogP contribution in [0.15, 0.2) is 42.5 Å². The van der Waals surface area contributed by atoms with Gasteiger partial charge in [-0.2, -0.15) is 0 Å². The molecular weight excluding hydrogens is 300 g/mol. The fourth-order valence-electron chi connectivity index (χ4n) is 2.46. The molecule has 3 rings (SSSR count). The Bertz CT molecular complexity index is 698. The molecule has 2 aromatic carbocycles. The standard InChI is InChI=1S/C17H17ClN2O2/c1-19(2)14-6-3-12(4-7-14)17(21)20-9-10-22-16-8-5-13(18)11-15(16)20/h3-8,11H,9-10H2,1-2H3. The number of nitrogens with zero attached hydrogens (tertiary/aromatic N) is 2. The summed E-state index contributed by atoms with van der Waals surface area (Å²) in [5.41, 5.74) is 2.43. The van der Waals surface area contributed by atoms with Crippen molar-refractivity contribution in [2.45, 2.75) is 0 Å². The van der Waals surface area contributed by atoms with Crippen LogP contribution in [0.3, 0.4) is 0 Å². The molecule has 0 saturated carbocycles. The van der Waals surface area contributed by atoms with Crippen LogP contribution in [0.5, 0.6) is 5.75 Å². The van der Waals surface area contributed by atoms with Crippen LogP contribution in [0.1, 0.15) is 10.4 Å². The van der Waals surface area contributed by atoms with Crippen molar-refractivity contribution in [2.24, 2.45) is 0 Å². The lowest BCUT2D eigenvalue weighted by molar-refractivity contribution is 0.0976. The van der Waals surface area contributed by atoms with Gasteiger partial charge in [-0.15, -0.1) is 0 Å². The summed E-state index contributed by atoms with van der Waals surface area (Å²) in [5.74, 6) is 0.644. The topological polar surface area (TPSA) is 32.8 Å². The van der Waals surface area contributed by atoms with Crippen LogP contribution in [-0.2, 0) is 0 Å². The summed E-state index contributed by atoms with van der Waals surface area (Å²) in [6.45, 7) is 0.998. The van der Waals surface area contributed by atoms with Crippen molar-refractivity contribution in [3.63, 3.8) is 0 Å². The highest BCUT2D eigenvalue weighted by molar-refractivity contribution is 6.31. The minimum absolute atomic E-state index is 0.0443. The zero-order chi connectivity index (χ0) is 15.7. The molecule has 0 unspecified atom stereocenters. The molecule has 0 spiro atoms. The Labute approximate surface area is 134 Å². The third-order valence-corrected chi connectivity index (χ3v) is 3.90. The minimum Gasteiger partial charge on any atom is -0.490 e. The molecule has 0 saturated heterocycles. The fourth-order valence-corrected chi connectivity index (χ4v) is 2.63. The number of anilines is 2. The first-order valence-corrected chi connectivity index (χ1v) is 7.45. The third kappa shape index (κ3) is 2.74. The Morgan fingerprint density at radius 2 is 1.91 bits per heavy atom. The molecule has 0 bridgehead atoms. The molecule has 5 heteroatoms. The van der Waals surface area contributed by atoms with Gasteiger partial charge in [-0.3, -0.25) is 4.79 Å². The number of ether oxygens (including phenoxy) is 1. The smallest absolute Gasteiger partial charge is 0.258 e. The van der Waals surface area contributed by atoms with E-state index in [-0.39, 0.29) is 5.91 Å². The normalized spacial score (nSPS) is 13.3. The van der Waals surface area contributed by atoms with Crippen molar-refractivity contribution < 1.29 is 9.53 Å². The van der Waals surface area contributed by atoms with Crippen LogP contribution >= 0.6 is 11.6 Å². The summed E-state index contributed by atoms with van der Waals surface area (Å²) in [6, 6.07) is 12.9. The van der Waals surface area contributed by atoms with Gasteiger partial charge < -0.3 is 14.5 Å². The second kappa shape index (κ2) is 5.89. The lowest BCUT2D eigenvalue weighted by atomic mass is 10.1. The SMILES string of the molecule is CN(C)c1ccc(C(=O)N2CCOc3ccc(Cl)cc32)cc1. The van der Waals surface area contributed by atoms with E-state index in [2.05, 4.69) is 0 Å². The van der Waals surface area contributed by atoms with Crippen molar-refractivity contribution in [1.29, 1.82) is 0 Å². The zero-order valence-corrected chi connectivity index (χ0v) is 13.3. The number of hydrogen-bond acceptors (Lipinski definition) is 3. The number of halogens is 1.